The number of nitrogens with zero attached hydrogens (tertiary/aromatic N) is 2. The molecule has 2 aromatic carbocycles. The Kier molecular flexibility index (Phi) is 5.48. The van der Waals surface area contributed by atoms with Gasteiger partial charge in [0.2, 0.25) is 18.6 Å². The van der Waals surface area contributed by atoms with E-state index in [9.17, 15) is 9.59 Å². The number of anilines is 2. The van der Waals surface area contributed by atoms with Gasteiger partial charge in [0.05, 0.1) is 19.1 Å². The molecule has 162 valence electrons. The quantitative estimate of drug-likeness (QED) is 0.795. The maximum Gasteiger partial charge on any atom is 0.231 e. The second kappa shape index (κ2) is 8.56. The van der Waals surface area contributed by atoms with Crippen molar-refractivity contribution in [2.75, 3.05) is 49.9 Å². The summed E-state index contributed by atoms with van der Waals surface area (Å²) in [6.45, 7) is 4.69. The fourth-order valence-electron chi connectivity index (χ4n) is 4.20. The third kappa shape index (κ3) is 4.35. The summed E-state index contributed by atoms with van der Waals surface area (Å²) in [7, 11) is 0. The van der Waals surface area contributed by atoms with Gasteiger partial charge in [0.15, 0.2) is 11.5 Å². The van der Waals surface area contributed by atoms with Crippen LogP contribution < -0.4 is 19.7 Å². The van der Waals surface area contributed by atoms with Gasteiger partial charge in [0.25, 0.3) is 0 Å². The minimum Gasteiger partial charge on any atom is -0.454 e. The molecule has 5 rings (SSSR count). The van der Waals surface area contributed by atoms with E-state index < -0.39 is 5.92 Å². The second-order valence-electron chi connectivity index (χ2n) is 8.02. The largest absolute Gasteiger partial charge is 0.454 e. The number of hydrogen-bond acceptors (Lipinski definition) is 6. The van der Waals surface area contributed by atoms with Gasteiger partial charge < -0.3 is 24.4 Å². The van der Waals surface area contributed by atoms with Crippen LogP contribution in [0.4, 0.5) is 11.4 Å². The monoisotopic (exact) mass is 423 g/mol. The van der Waals surface area contributed by atoms with Crippen LogP contribution in [0.5, 0.6) is 11.5 Å². The van der Waals surface area contributed by atoms with E-state index >= 15 is 0 Å². The number of fused-ring (bicyclic) bond motifs is 1. The van der Waals surface area contributed by atoms with E-state index in [2.05, 4.69) is 16.3 Å². The van der Waals surface area contributed by atoms with Crippen molar-refractivity contribution in [1.82, 2.24) is 4.90 Å². The van der Waals surface area contributed by atoms with Crippen molar-refractivity contribution in [3.8, 4) is 11.5 Å². The Balaban J connectivity index is 1.22. The molecule has 2 aromatic rings. The molecule has 0 aliphatic carbocycles. The van der Waals surface area contributed by atoms with Crippen LogP contribution in [0.3, 0.4) is 0 Å². The molecule has 31 heavy (non-hydrogen) atoms. The van der Waals surface area contributed by atoms with Gasteiger partial charge in [0.1, 0.15) is 0 Å². The molecule has 0 saturated carbocycles. The molecule has 2 saturated heterocycles. The predicted octanol–water partition coefficient (Wildman–Crippen LogP) is 2.24. The molecule has 2 fully saturated rings. The van der Waals surface area contributed by atoms with Crippen molar-refractivity contribution in [2.24, 2.45) is 5.92 Å². The average Bonchev–Trinajstić information content (AvgIpc) is 3.40. The van der Waals surface area contributed by atoms with Gasteiger partial charge in [-0.2, -0.15) is 0 Å². The van der Waals surface area contributed by atoms with E-state index in [4.69, 9.17) is 14.2 Å². The SMILES string of the molecule is O=C(Nc1cccc(CN2CCOCC2)c1)C1CC(=O)N(c2ccc3c(c2)OCO3)C1. The Morgan fingerprint density at radius 2 is 1.90 bits per heavy atom. The zero-order valence-electron chi connectivity index (χ0n) is 17.2. The van der Waals surface area contributed by atoms with Crippen LogP contribution in [-0.4, -0.2) is 56.4 Å². The molecule has 2 amide bonds. The molecule has 1 unspecified atom stereocenters. The van der Waals surface area contributed by atoms with Crippen molar-refractivity contribution in [1.29, 1.82) is 0 Å². The first-order valence-corrected chi connectivity index (χ1v) is 10.6. The van der Waals surface area contributed by atoms with Crippen LogP contribution in [0.2, 0.25) is 0 Å². The Hall–Kier alpha value is -3.10. The fourth-order valence-corrected chi connectivity index (χ4v) is 4.20. The summed E-state index contributed by atoms with van der Waals surface area (Å²) in [5.41, 5.74) is 2.62. The highest BCUT2D eigenvalue weighted by Gasteiger charge is 2.35. The molecule has 3 heterocycles. The molecule has 3 aliphatic heterocycles. The third-order valence-corrected chi connectivity index (χ3v) is 5.87. The highest BCUT2D eigenvalue weighted by molar-refractivity contribution is 6.03. The Labute approximate surface area is 180 Å². The van der Waals surface area contributed by atoms with Gasteiger partial charge in [-0.1, -0.05) is 12.1 Å². The van der Waals surface area contributed by atoms with Crippen molar-refractivity contribution in [3.63, 3.8) is 0 Å². The molecule has 0 aromatic heterocycles. The number of ether oxygens (including phenoxy) is 3. The lowest BCUT2D eigenvalue weighted by Crippen LogP contribution is -2.35. The van der Waals surface area contributed by atoms with Crippen molar-refractivity contribution >= 4 is 23.2 Å². The maximum absolute atomic E-state index is 12.9. The molecule has 0 spiro atoms. The number of benzene rings is 2. The third-order valence-electron chi connectivity index (χ3n) is 5.87. The molecular formula is C23H25N3O5. The Morgan fingerprint density at radius 3 is 2.77 bits per heavy atom. The molecule has 1 N–H and O–H groups in total. The first-order chi connectivity index (χ1) is 15.2. The number of carbonyl (C=O) groups is 2. The van der Waals surface area contributed by atoms with Crippen LogP contribution >= 0.6 is 0 Å². The van der Waals surface area contributed by atoms with Crippen molar-refractivity contribution in [3.05, 3.63) is 48.0 Å². The standard InChI is InChI=1S/C23H25N3O5/c27-22-11-17(14-26(22)19-4-5-20-21(12-19)31-15-30-20)23(28)24-18-3-1-2-16(10-18)13-25-6-8-29-9-7-25/h1-5,10,12,17H,6-9,11,13-15H2,(H,24,28). The zero-order chi connectivity index (χ0) is 21.2. The van der Waals surface area contributed by atoms with Crippen LogP contribution in [0.1, 0.15) is 12.0 Å². The van der Waals surface area contributed by atoms with Crippen LogP contribution in [0, 0.1) is 5.92 Å². The van der Waals surface area contributed by atoms with E-state index in [0.29, 0.717) is 18.0 Å². The summed E-state index contributed by atoms with van der Waals surface area (Å²) in [5.74, 6) is 0.679. The summed E-state index contributed by atoms with van der Waals surface area (Å²) in [4.78, 5) is 29.4. The van der Waals surface area contributed by atoms with Gasteiger partial charge in [-0.3, -0.25) is 14.5 Å². The van der Waals surface area contributed by atoms with Gasteiger partial charge in [0, 0.05) is 50.0 Å². The summed E-state index contributed by atoms with van der Waals surface area (Å²) >= 11 is 0. The summed E-state index contributed by atoms with van der Waals surface area (Å²) < 4.78 is 16.1. The van der Waals surface area contributed by atoms with E-state index in [1.807, 2.05) is 24.3 Å². The number of rotatable bonds is 5. The van der Waals surface area contributed by atoms with Gasteiger partial charge >= 0.3 is 0 Å². The second-order valence-corrected chi connectivity index (χ2v) is 8.02. The Bertz CT molecular complexity index is 989. The number of hydrogen-bond donors (Lipinski definition) is 1. The smallest absolute Gasteiger partial charge is 0.231 e. The number of carbonyl (C=O) groups excluding carboxylic acids is 2. The van der Waals surface area contributed by atoms with E-state index in [1.165, 1.54) is 0 Å². The minimum absolute atomic E-state index is 0.0694. The number of morpholine rings is 1. The normalized spacial score (nSPS) is 20.8. The van der Waals surface area contributed by atoms with E-state index in [-0.39, 0.29) is 25.0 Å². The molecule has 1 atom stereocenters. The van der Waals surface area contributed by atoms with Crippen LogP contribution in [0.15, 0.2) is 42.5 Å². The minimum atomic E-state index is -0.402. The fraction of sp³-hybridized carbons (Fsp3) is 0.391. The number of amides is 2. The van der Waals surface area contributed by atoms with E-state index in [1.54, 1.807) is 17.0 Å². The molecule has 3 aliphatic rings. The van der Waals surface area contributed by atoms with Crippen molar-refractivity contribution < 1.29 is 23.8 Å². The summed E-state index contributed by atoms with van der Waals surface area (Å²) in [6, 6.07) is 13.3. The first-order valence-electron chi connectivity index (χ1n) is 10.6. The summed E-state index contributed by atoms with van der Waals surface area (Å²) in [5, 5.41) is 2.99. The van der Waals surface area contributed by atoms with Gasteiger partial charge in [-0.05, 0) is 29.8 Å². The molecule has 0 radical (unpaired) electrons. The first kappa shape index (κ1) is 19.8. The van der Waals surface area contributed by atoms with Gasteiger partial charge in [-0.25, -0.2) is 0 Å². The van der Waals surface area contributed by atoms with E-state index in [0.717, 1.165) is 49.8 Å². The lowest BCUT2D eigenvalue weighted by Gasteiger charge is -2.26. The molecule has 8 nitrogen and oxygen atoms in total. The topological polar surface area (TPSA) is 80.3 Å². The van der Waals surface area contributed by atoms with Gasteiger partial charge in [-0.15, -0.1) is 0 Å². The predicted molar refractivity (Wildman–Crippen MR) is 114 cm³/mol. The van der Waals surface area contributed by atoms with Crippen molar-refractivity contribution in [2.45, 2.75) is 13.0 Å². The Morgan fingerprint density at radius 1 is 1.06 bits per heavy atom. The average molecular weight is 423 g/mol. The zero-order valence-corrected chi connectivity index (χ0v) is 17.2. The number of nitrogens with one attached hydrogen (secondary N) is 1. The molecule has 0 bridgehead atoms. The van der Waals surface area contributed by atoms with Crippen LogP contribution in [0.25, 0.3) is 0 Å². The van der Waals surface area contributed by atoms with Crippen LogP contribution in [-0.2, 0) is 20.9 Å². The highest BCUT2D eigenvalue weighted by Crippen LogP contribution is 2.37. The maximum atomic E-state index is 12.9. The lowest BCUT2D eigenvalue weighted by atomic mass is 10.1. The summed E-state index contributed by atoms with van der Waals surface area (Å²) in [6.07, 6.45) is 0.188. The molecular weight excluding hydrogens is 398 g/mol. The lowest BCUT2D eigenvalue weighted by molar-refractivity contribution is -0.122. The molecule has 8 heteroatoms. The highest BCUT2D eigenvalue weighted by atomic mass is 16.7.